The Bertz CT molecular complexity index is 593. The molecular weight excluding hydrogens is 370 g/mol. The molecule has 0 saturated carbocycles. The van der Waals surface area contributed by atoms with Gasteiger partial charge < -0.3 is 9.84 Å². The normalized spacial score (nSPS) is 21.0. The molecular formula is C11H14BrNO5S2. The number of hydrogen-bond acceptors (Lipinski definition) is 5. The molecule has 0 aromatic carbocycles. The van der Waals surface area contributed by atoms with Crippen molar-refractivity contribution >= 4 is 43.3 Å². The van der Waals surface area contributed by atoms with Gasteiger partial charge in [0.2, 0.25) is 0 Å². The molecule has 1 aromatic rings. The number of thiophene rings is 1. The summed E-state index contributed by atoms with van der Waals surface area (Å²) in [4.78, 5) is 10.9. The van der Waals surface area contributed by atoms with Crippen molar-refractivity contribution in [2.45, 2.75) is 23.6 Å². The number of hydrogen-bond donors (Lipinski definition) is 1. The van der Waals surface area contributed by atoms with E-state index in [1.807, 2.05) is 6.92 Å². The van der Waals surface area contributed by atoms with Crippen molar-refractivity contribution in [3.63, 3.8) is 0 Å². The molecule has 1 unspecified atom stereocenters. The van der Waals surface area contributed by atoms with Crippen molar-refractivity contribution in [1.82, 2.24) is 4.31 Å². The highest BCUT2D eigenvalue weighted by Gasteiger charge is 2.36. The second kappa shape index (κ2) is 6.10. The maximum Gasteiger partial charge on any atom is 0.305 e. The second-order valence-electron chi connectivity index (χ2n) is 4.46. The van der Waals surface area contributed by atoms with Crippen molar-refractivity contribution in [3.05, 3.63) is 15.4 Å². The molecule has 20 heavy (non-hydrogen) atoms. The standard InChI is InChI=1S/C11H14BrNO5S2/c1-7-4-10(19-11(7)12)20(16,17)13-2-3-18-6-8(13)5-9(14)15/h4,8H,2-3,5-6H2,1H3,(H,14,15). The summed E-state index contributed by atoms with van der Waals surface area (Å²) >= 11 is 4.44. The van der Waals surface area contributed by atoms with Crippen LogP contribution in [0.25, 0.3) is 0 Å². The van der Waals surface area contributed by atoms with E-state index in [-0.39, 0.29) is 30.4 Å². The fraction of sp³-hybridized carbons (Fsp3) is 0.545. The van der Waals surface area contributed by atoms with Crippen LogP contribution in [0.5, 0.6) is 0 Å². The largest absolute Gasteiger partial charge is 0.481 e. The van der Waals surface area contributed by atoms with Crippen LogP contribution in [0.2, 0.25) is 0 Å². The molecule has 0 bridgehead atoms. The first-order valence-corrected chi connectivity index (χ1v) is 8.94. The first-order valence-electron chi connectivity index (χ1n) is 5.89. The maximum absolute atomic E-state index is 12.6. The molecule has 1 aliphatic heterocycles. The zero-order chi connectivity index (χ0) is 14.9. The van der Waals surface area contributed by atoms with Gasteiger partial charge in [-0.2, -0.15) is 4.31 Å². The molecule has 0 spiro atoms. The average Bonchev–Trinajstić information content (AvgIpc) is 2.70. The Balaban J connectivity index is 2.32. The lowest BCUT2D eigenvalue weighted by Gasteiger charge is -2.33. The van der Waals surface area contributed by atoms with E-state index in [2.05, 4.69) is 15.9 Å². The lowest BCUT2D eigenvalue weighted by molar-refractivity contribution is -0.139. The fourth-order valence-electron chi connectivity index (χ4n) is 1.99. The maximum atomic E-state index is 12.6. The van der Waals surface area contributed by atoms with Gasteiger partial charge in [0.25, 0.3) is 10.0 Å². The predicted octanol–water partition coefficient (Wildman–Crippen LogP) is 1.68. The van der Waals surface area contributed by atoms with E-state index < -0.39 is 22.0 Å². The zero-order valence-electron chi connectivity index (χ0n) is 10.7. The minimum Gasteiger partial charge on any atom is -0.481 e. The molecule has 0 radical (unpaired) electrons. The number of nitrogens with zero attached hydrogens (tertiary/aromatic N) is 1. The van der Waals surface area contributed by atoms with E-state index in [4.69, 9.17) is 9.84 Å². The molecule has 2 rings (SSSR count). The number of ether oxygens (including phenoxy) is 1. The number of halogens is 1. The molecule has 1 saturated heterocycles. The van der Waals surface area contributed by atoms with E-state index in [0.717, 1.165) is 20.7 Å². The minimum absolute atomic E-state index is 0.108. The van der Waals surface area contributed by atoms with Gasteiger partial charge in [-0.15, -0.1) is 11.3 Å². The number of carboxylic acids is 1. The van der Waals surface area contributed by atoms with Crippen LogP contribution in [0.4, 0.5) is 0 Å². The van der Waals surface area contributed by atoms with Gasteiger partial charge >= 0.3 is 5.97 Å². The Morgan fingerprint density at radius 3 is 2.90 bits per heavy atom. The third-order valence-electron chi connectivity index (χ3n) is 2.98. The molecule has 1 aliphatic rings. The van der Waals surface area contributed by atoms with Crippen molar-refractivity contribution < 1.29 is 23.1 Å². The number of sulfonamides is 1. The number of morpholine rings is 1. The van der Waals surface area contributed by atoms with Crippen LogP contribution >= 0.6 is 27.3 Å². The third kappa shape index (κ3) is 3.22. The van der Waals surface area contributed by atoms with E-state index in [0.29, 0.717) is 0 Å². The lowest BCUT2D eigenvalue weighted by Crippen LogP contribution is -2.49. The molecule has 2 heterocycles. The average molecular weight is 384 g/mol. The Kier molecular flexibility index (Phi) is 4.85. The number of carbonyl (C=O) groups is 1. The van der Waals surface area contributed by atoms with Crippen LogP contribution in [0.1, 0.15) is 12.0 Å². The Morgan fingerprint density at radius 1 is 1.65 bits per heavy atom. The number of rotatable bonds is 4. The molecule has 112 valence electrons. The first-order chi connectivity index (χ1) is 9.32. The van der Waals surface area contributed by atoms with Gasteiger partial charge in [0.1, 0.15) is 4.21 Å². The summed E-state index contributed by atoms with van der Waals surface area (Å²) in [6.07, 6.45) is -0.259. The van der Waals surface area contributed by atoms with Gasteiger partial charge in [-0.1, -0.05) is 0 Å². The van der Waals surface area contributed by atoms with Crippen LogP contribution in [0.3, 0.4) is 0 Å². The van der Waals surface area contributed by atoms with Crippen LogP contribution in [0.15, 0.2) is 14.1 Å². The van der Waals surface area contributed by atoms with Gasteiger partial charge in [0, 0.05) is 6.54 Å². The zero-order valence-corrected chi connectivity index (χ0v) is 13.9. The summed E-state index contributed by atoms with van der Waals surface area (Å²) in [6, 6.07) is 0.935. The summed E-state index contributed by atoms with van der Waals surface area (Å²) in [5.41, 5.74) is 0.844. The summed E-state index contributed by atoms with van der Waals surface area (Å²) in [5, 5.41) is 8.89. The highest BCUT2D eigenvalue weighted by Crippen LogP contribution is 2.33. The molecule has 6 nitrogen and oxygen atoms in total. The van der Waals surface area contributed by atoms with Crippen LogP contribution < -0.4 is 0 Å². The van der Waals surface area contributed by atoms with E-state index >= 15 is 0 Å². The predicted molar refractivity (Wildman–Crippen MR) is 77.5 cm³/mol. The molecule has 1 atom stereocenters. The van der Waals surface area contributed by atoms with Gasteiger partial charge in [-0.05, 0) is 34.5 Å². The molecule has 0 amide bonds. The molecule has 1 aromatic heterocycles. The van der Waals surface area contributed by atoms with Crippen molar-refractivity contribution in [3.8, 4) is 0 Å². The topological polar surface area (TPSA) is 83.9 Å². The number of aryl methyl sites for hydroxylation is 1. The fourth-order valence-corrected chi connectivity index (χ4v) is 5.94. The SMILES string of the molecule is Cc1cc(S(=O)(=O)N2CCOCC2CC(=O)O)sc1Br. The third-order valence-corrected chi connectivity index (χ3v) is 7.52. The Hall–Kier alpha value is -0.480. The quantitative estimate of drug-likeness (QED) is 0.854. The minimum atomic E-state index is -3.68. The smallest absolute Gasteiger partial charge is 0.305 e. The monoisotopic (exact) mass is 383 g/mol. The van der Waals surface area contributed by atoms with Crippen LogP contribution in [0, 0.1) is 6.92 Å². The Morgan fingerprint density at radius 2 is 2.35 bits per heavy atom. The molecule has 1 N–H and O–H groups in total. The van der Waals surface area contributed by atoms with Crippen molar-refractivity contribution in [2.75, 3.05) is 19.8 Å². The van der Waals surface area contributed by atoms with Gasteiger partial charge in [-0.25, -0.2) is 8.42 Å². The highest BCUT2D eigenvalue weighted by molar-refractivity contribution is 9.11. The second-order valence-corrected chi connectivity index (χ2v) is 8.95. The van der Waals surface area contributed by atoms with Crippen LogP contribution in [-0.2, 0) is 19.6 Å². The van der Waals surface area contributed by atoms with Crippen LogP contribution in [-0.4, -0.2) is 49.6 Å². The number of carboxylic acid groups (broad SMARTS) is 1. The summed E-state index contributed by atoms with van der Waals surface area (Å²) in [7, 11) is -3.68. The van der Waals surface area contributed by atoms with Crippen molar-refractivity contribution in [1.29, 1.82) is 0 Å². The molecule has 9 heteroatoms. The number of aliphatic carboxylic acids is 1. The van der Waals surface area contributed by atoms with E-state index in [1.165, 1.54) is 4.31 Å². The summed E-state index contributed by atoms with van der Waals surface area (Å²) < 4.78 is 32.6. The molecule has 1 fully saturated rings. The summed E-state index contributed by atoms with van der Waals surface area (Å²) in [6.45, 7) is 2.38. The van der Waals surface area contributed by atoms with E-state index in [9.17, 15) is 13.2 Å². The Labute approximate surface area is 129 Å². The first kappa shape index (κ1) is 15.9. The van der Waals surface area contributed by atoms with Gasteiger partial charge in [0.15, 0.2) is 0 Å². The van der Waals surface area contributed by atoms with Crippen molar-refractivity contribution in [2.24, 2.45) is 0 Å². The van der Waals surface area contributed by atoms with E-state index in [1.54, 1.807) is 6.07 Å². The van der Waals surface area contributed by atoms with Gasteiger partial charge in [-0.3, -0.25) is 4.79 Å². The van der Waals surface area contributed by atoms with Gasteiger partial charge in [0.05, 0.1) is 29.5 Å². The summed E-state index contributed by atoms with van der Waals surface area (Å²) in [5.74, 6) is -1.04. The highest BCUT2D eigenvalue weighted by atomic mass is 79.9. The lowest BCUT2D eigenvalue weighted by atomic mass is 10.2. The molecule has 0 aliphatic carbocycles.